The minimum Gasteiger partial charge on any atom is -0.207 e. The third kappa shape index (κ3) is 3.28. The van der Waals surface area contributed by atoms with Gasteiger partial charge in [-0.1, -0.05) is 13.8 Å². The van der Waals surface area contributed by atoms with Crippen molar-refractivity contribution in [2.45, 2.75) is 31.7 Å². The number of rotatable bonds is 4. The van der Waals surface area contributed by atoms with E-state index in [1.54, 1.807) is 13.8 Å². The van der Waals surface area contributed by atoms with Gasteiger partial charge in [0.25, 0.3) is 0 Å². The topological polar surface area (TPSA) is 70.0 Å². The van der Waals surface area contributed by atoms with Gasteiger partial charge in [0.2, 0.25) is 10.0 Å². The molecule has 18 heavy (non-hydrogen) atoms. The average Bonchev–Trinajstić information content (AvgIpc) is 2.24. The van der Waals surface area contributed by atoms with E-state index in [1.807, 2.05) is 6.07 Å². The number of aryl methyl sites for hydroxylation is 1. The van der Waals surface area contributed by atoms with Crippen LogP contribution in [0.1, 0.15) is 19.4 Å². The quantitative estimate of drug-likeness (QED) is 0.909. The normalized spacial score (nSPS) is 13.3. The molecule has 0 heterocycles. The molecule has 1 atom stereocenters. The molecule has 4 nitrogen and oxygen atoms in total. The zero-order chi connectivity index (χ0) is 13.9. The molecule has 1 N–H and O–H groups in total. The van der Waals surface area contributed by atoms with Crippen LogP contribution in [0.25, 0.3) is 0 Å². The van der Waals surface area contributed by atoms with Gasteiger partial charge in [0.1, 0.15) is 11.9 Å². The highest BCUT2D eigenvalue weighted by molar-refractivity contribution is 7.89. The van der Waals surface area contributed by atoms with Crippen LogP contribution in [0, 0.1) is 30.0 Å². The summed E-state index contributed by atoms with van der Waals surface area (Å²) in [4.78, 5) is -0.00944. The van der Waals surface area contributed by atoms with Crippen molar-refractivity contribution in [1.82, 2.24) is 4.72 Å². The summed E-state index contributed by atoms with van der Waals surface area (Å²) in [6, 6.07) is 4.51. The van der Waals surface area contributed by atoms with Crippen LogP contribution in [0.15, 0.2) is 23.1 Å². The standard InChI is InChI=1S/C12H15FN2O2S/c1-8(2)11(7-14)15-18(16,17)12-5-4-10(13)6-9(12)3/h4-6,8,11,15H,1-3H3. The van der Waals surface area contributed by atoms with E-state index in [1.165, 1.54) is 13.0 Å². The maximum atomic E-state index is 12.9. The molecule has 1 aromatic carbocycles. The van der Waals surface area contributed by atoms with Gasteiger partial charge in [-0.2, -0.15) is 9.98 Å². The van der Waals surface area contributed by atoms with Crippen molar-refractivity contribution in [1.29, 1.82) is 5.26 Å². The van der Waals surface area contributed by atoms with Gasteiger partial charge in [-0.05, 0) is 36.6 Å². The SMILES string of the molecule is Cc1cc(F)ccc1S(=O)(=O)NC(C#N)C(C)C. The molecule has 0 saturated heterocycles. The van der Waals surface area contributed by atoms with E-state index < -0.39 is 21.9 Å². The van der Waals surface area contributed by atoms with Crippen molar-refractivity contribution in [2.24, 2.45) is 5.92 Å². The van der Waals surface area contributed by atoms with Gasteiger partial charge in [-0.25, -0.2) is 12.8 Å². The van der Waals surface area contributed by atoms with Crippen LogP contribution < -0.4 is 4.72 Å². The van der Waals surface area contributed by atoms with Gasteiger partial charge in [0.15, 0.2) is 0 Å². The summed E-state index contributed by atoms with van der Waals surface area (Å²) < 4.78 is 39.3. The number of hydrogen-bond donors (Lipinski definition) is 1. The van der Waals surface area contributed by atoms with Crippen molar-refractivity contribution in [2.75, 3.05) is 0 Å². The molecule has 98 valence electrons. The largest absolute Gasteiger partial charge is 0.242 e. The van der Waals surface area contributed by atoms with E-state index >= 15 is 0 Å². The predicted molar refractivity (Wildman–Crippen MR) is 65.7 cm³/mol. The molecule has 1 unspecified atom stereocenters. The molecule has 6 heteroatoms. The maximum absolute atomic E-state index is 12.9. The van der Waals surface area contributed by atoms with E-state index in [4.69, 9.17) is 5.26 Å². The first-order chi connectivity index (χ1) is 8.27. The van der Waals surface area contributed by atoms with E-state index in [0.717, 1.165) is 12.1 Å². The number of benzene rings is 1. The summed E-state index contributed by atoms with van der Waals surface area (Å²) in [6.45, 7) is 5.00. The van der Waals surface area contributed by atoms with Gasteiger partial charge in [-0.15, -0.1) is 0 Å². The Morgan fingerprint density at radius 1 is 1.39 bits per heavy atom. The number of sulfonamides is 1. The number of halogens is 1. The van der Waals surface area contributed by atoms with E-state index in [0.29, 0.717) is 5.56 Å². The molecule has 0 aliphatic heterocycles. The Kier molecular flexibility index (Phi) is 4.43. The van der Waals surface area contributed by atoms with Crippen LogP contribution in [0.4, 0.5) is 4.39 Å². The third-order valence-electron chi connectivity index (χ3n) is 2.51. The lowest BCUT2D eigenvalue weighted by Gasteiger charge is -2.16. The van der Waals surface area contributed by atoms with E-state index in [9.17, 15) is 12.8 Å². The van der Waals surface area contributed by atoms with Crippen molar-refractivity contribution in [3.8, 4) is 6.07 Å². The lowest BCUT2D eigenvalue weighted by atomic mass is 10.1. The molecule has 0 aliphatic rings. The lowest BCUT2D eigenvalue weighted by Crippen LogP contribution is -2.37. The molecular weight excluding hydrogens is 255 g/mol. The molecule has 0 bridgehead atoms. The number of nitrogens with zero attached hydrogens (tertiary/aromatic N) is 1. The maximum Gasteiger partial charge on any atom is 0.242 e. The van der Waals surface area contributed by atoms with Gasteiger partial charge in [-0.3, -0.25) is 0 Å². The Morgan fingerprint density at radius 2 is 2.00 bits per heavy atom. The van der Waals surface area contributed by atoms with Crippen LogP contribution in [0.2, 0.25) is 0 Å². The smallest absolute Gasteiger partial charge is 0.207 e. The molecule has 0 amide bonds. The predicted octanol–water partition coefficient (Wildman–Crippen LogP) is 1.96. The Morgan fingerprint density at radius 3 is 2.44 bits per heavy atom. The van der Waals surface area contributed by atoms with Crippen LogP contribution in [-0.4, -0.2) is 14.5 Å². The zero-order valence-corrected chi connectivity index (χ0v) is 11.3. The van der Waals surface area contributed by atoms with Gasteiger partial charge in [0, 0.05) is 0 Å². The molecule has 1 aromatic rings. The third-order valence-corrected chi connectivity index (χ3v) is 4.12. The highest BCUT2D eigenvalue weighted by atomic mass is 32.2. The Hall–Kier alpha value is -1.45. The van der Waals surface area contributed by atoms with Gasteiger partial charge < -0.3 is 0 Å². The fraction of sp³-hybridized carbons (Fsp3) is 0.417. The molecule has 0 fully saturated rings. The first kappa shape index (κ1) is 14.6. The summed E-state index contributed by atoms with van der Waals surface area (Å²) in [6.07, 6.45) is 0. The summed E-state index contributed by atoms with van der Waals surface area (Å²) in [7, 11) is -3.80. The highest BCUT2D eigenvalue weighted by Crippen LogP contribution is 2.17. The van der Waals surface area contributed by atoms with E-state index in [-0.39, 0.29) is 10.8 Å². The first-order valence-corrected chi connectivity index (χ1v) is 6.94. The molecule has 0 aromatic heterocycles. The number of nitriles is 1. The zero-order valence-electron chi connectivity index (χ0n) is 10.4. The Balaban J connectivity index is 3.11. The monoisotopic (exact) mass is 270 g/mol. The molecule has 0 saturated carbocycles. The van der Waals surface area contributed by atoms with Crippen molar-refractivity contribution >= 4 is 10.0 Å². The van der Waals surface area contributed by atoms with Gasteiger partial charge >= 0.3 is 0 Å². The summed E-state index contributed by atoms with van der Waals surface area (Å²) in [5.41, 5.74) is 0.308. The van der Waals surface area contributed by atoms with Crippen LogP contribution in [0.5, 0.6) is 0 Å². The minimum atomic E-state index is -3.80. The second-order valence-electron chi connectivity index (χ2n) is 4.38. The summed E-state index contributed by atoms with van der Waals surface area (Å²) >= 11 is 0. The van der Waals surface area contributed by atoms with Crippen molar-refractivity contribution < 1.29 is 12.8 Å². The highest BCUT2D eigenvalue weighted by Gasteiger charge is 2.23. The van der Waals surface area contributed by atoms with Crippen molar-refractivity contribution in [3.63, 3.8) is 0 Å². The molecule has 0 spiro atoms. The fourth-order valence-electron chi connectivity index (χ4n) is 1.46. The van der Waals surface area contributed by atoms with E-state index in [2.05, 4.69) is 4.72 Å². The van der Waals surface area contributed by atoms with Gasteiger partial charge in [0.05, 0.1) is 11.0 Å². The van der Waals surface area contributed by atoms with Crippen LogP contribution in [-0.2, 0) is 10.0 Å². The molecule has 1 rings (SSSR count). The van der Waals surface area contributed by atoms with Crippen LogP contribution >= 0.6 is 0 Å². The Labute approximate surface area is 106 Å². The van der Waals surface area contributed by atoms with Crippen molar-refractivity contribution in [3.05, 3.63) is 29.6 Å². The molecule has 0 radical (unpaired) electrons. The number of hydrogen-bond acceptors (Lipinski definition) is 3. The van der Waals surface area contributed by atoms with Crippen LogP contribution in [0.3, 0.4) is 0 Å². The summed E-state index contributed by atoms with van der Waals surface area (Å²) in [5, 5.41) is 8.88. The Bertz CT molecular complexity index is 576. The molecule has 0 aliphatic carbocycles. The lowest BCUT2D eigenvalue weighted by molar-refractivity contribution is 0.514. The molecular formula is C12H15FN2O2S. The number of nitrogens with one attached hydrogen (secondary N) is 1. The second kappa shape index (κ2) is 5.46. The second-order valence-corrected chi connectivity index (χ2v) is 6.06. The first-order valence-electron chi connectivity index (χ1n) is 5.46. The average molecular weight is 270 g/mol. The summed E-state index contributed by atoms with van der Waals surface area (Å²) in [5.74, 6) is -0.641. The minimum absolute atomic E-state index is 0.00944. The fourth-order valence-corrected chi connectivity index (χ4v) is 2.97.